The molecule has 0 amide bonds. The topological polar surface area (TPSA) is 46.2 Å². The molecule has 0 unspecified atom stereocenters. The van der Waals surface area contributed by atoms with Gasteiger partial charge in [-0.05, 0) is 63.3 Å². The molecule has 3 rings (SSSR count). The van der Waals surface area contributed by atoms with Crippen molar-refractivity contribution in [1.82, 2.24) is 4.72 Å². The van der Waals surface area contributed by atoms with E-state index in [0.717, 1.165) is 16.6 Å². The van der Waals surface area contributed by atoms with Gasteiger partial charge in [-0.15, -0.1) is 11.3 Å². The van der Waals surface area contributed by atoms with E-state index in [1.54, 1.807) is 23.5 Å². The molecule has 0 aliphatic heterocycles. The van der Waals surface area contributed by atoms with Gasteiger partial charge in [-0.3, -0.25) is 0 Å². The summed E-state index contributed by atoms with van der Waals surface area (Å²) in [6.45, 7) is 0.488. The molecule has 0 saturated heterocycles. The Balaban J connectivity index is 1.79. The summed E-state index contributed by atoms with van der Waals surface area (Å²) in [6, 6.07) is 5.54. The zero-order chi connectivity index (χ0) is 14.9. The molecule has 7 heteroatoms. The summed E-state index contributed by atoms with van der Waals surface area (Å²) < 4.78 is 28.8. The summed E-state index contributed by atoms with van der Waals surface area (Å²) in [5.41, 5.74) is 1.25. The molecule has 0 radical (unpaired) electrons. The molecule has 0 aromatic carbocycles. The van der Waals surface area contributed by atoms with Crippen LogP contribution in [0.1, 0.15) is 31.2 Å². The first-order valence-corrected chi connectivity index (χ1v) is 10.8. The Morgan fingerprint density at radius 2 is 2.00 bits per heavy atom. The van der Waals surface area contributed by atoms with Crippen LogP contribution in [-0.2, 0) is 15.4 Å². The summed E-state index contributed by atoms with van der Waals surface area (Å²) in [4.78, 5) is 0. The van der Waals surface area contributed by atoms with E-state index in [2.05, 4.69) is 37.5 Å². The van der Waals surface area contributed by atoms with E-state index < -0.39 is 10.0 Å². The monoisotopic (exact) mass is 405 g/mol. The maximum absolute atomic E-state index is 12.4. The molecule has 1 N–H and O–H groups in total. The molecule has 2 aromatic rings. The Bertz CT molecular complexity index is 700. The van der Waals surface area contributed by atoms with Gasteiger partial charge in [0.1, 0.15) is 4.21 Å². The van der Waals surface area contributed by atoms with Crippen molar-refractivity contribution < 1.29 is 8.42 Å². The van der Waals surface area contributed by atoms with Crippen molar-refractivity contribution in [3.63, 3.8) is 0 Å². The van der Waals surface area contributed by atoms with Crippen LogP contribution in [0.5, 0.6) is 0 Å². The van der Waals surface area contributed by atoms with E-state index >= 15 is 0 Å². The molecule has 114 valence electrons. The predicted molar refractivity (Wildman–Crippen MR) is 91.7 cm³/mol. The fraction of sp³-hybridized carbons (Fsp3) is 0.429. The van der Waals surface area contributed by atoms with E-state index in [0.29, 0.717) is 10.8 Å². The average Bonchev–Trinajstić information content (AvgIpc) is 3.18. The molecule has 2 aromatic heterocycles. The van der Waals surface area contributed by atoms with Gasteiger partial charge in [0.15, 0.2) is 0 Å². The average molecular weight is 406 g/mol. The second-order valence-corrected chi connectivity index (χ2v) is 10.6. The van der Waals surface area contributed by atoms with Crippen LogP contribution < -0.4 is 4.72 Å². The van der Waals surface area contributed by atoms with Crippen LogP contribution in [0, 0.1) is 0 Å². The van der Waals surface area contributed by atoms with Crippen molar-refractivity contribution >= 4 is 48.6 Å². The van der Waals surface area contributed by atoms with Gasteiger partial charge in [-0.1, -0.05) is 12.8 Å². The molecular formula is C14H16BrNO2S3. The minimum Gasteiger partial charge on any atom is -0.210 e. The van der Waals surface area contributed by atoms with Crippen LogP contribution in [0.4, 0.5) is 0 Å². The van der Waals surface area contributed by atoms with Crippen molar-refractivity contribution in [2.75, 3.05) is 6.54 Å². The highest BCUT2D eigenvalue weighted by atomic mass is 79.9. The third-order valence-electron chi connectivity index (χ3n) is 4.11. The van der Waals surface area contributed by atoms with E-state index in [1.807, 2.05) is 0 Å². The number of thiophene rings is 2. The molecular weight excluding hydrogens is 390 g/mol. The lowest BCUT2D eigenvalue weighted by atomic mass is 9.81. The van der Waals surface area contributed by atoms with Gasteiger partial charge in [0.05, 0.1) is 3.79 Å². The molecule has 1 fully saturated rings. The van der Waals surface area contributed by atoms with Crippen LogP contribution in [0.2, 0.25) is 0 Å². The first-order chi connectivity index (χ1) is 10.0. The Morgan fingerprint density at radius 3 is 2.57 bits per heavy atom. The largest absolute Gasteiger partial charge is 0.250 e. The number of hydrogen-bond donors (Lipinski definition) is 1. The first-order valence-electron chi connectivity index (χ1n) is 6.80. The number of nitrogens with one attached hydrogen (secondary N) is 1. The zero-order valence-electron chi connectivity index (χ0n) is 11.3. The molecule has 3 nitrogen and oxygen atoms in total. The minimum absolute atomic E-state index is 0.0262. The molecule has 0 atom stereocenters. The van der Waals surface area contributed by atoms with Crippen LogP contribution in [0.15, 0.2) is 37.0 Å². The van der Waals surface area contributed by atoms with Crippen molar-refractivity contribution in [3.8, 4) is 0 Å². The van der Waals surface area contributed by atoms with Crippen LogP contribution in [-0.4, -0.2) is 15.0 Å². The van der Waals surface area contributed by atoms with E-state index in [4.69, 9.17) is 0 Å². The van der Waals surface area contributed by atoms with Crippen molar-refractivity contribution in [2.24, 2.45) is 0 Å². The lowest BCUT2D eigenvalue weighted by Gasteiger charge is -2.28. The number of rotatable bonds is 5. The van der Waals surface area contributed by atoms with Gasteiger partial charge >= 0.3 is 0 Å². The molecule has 0 bridgehead atoms. The normalized spacial score (nSPS) is 18.1. The zero-order valence-corrected chi connectivity index (χ0v) is 15.4. The van der Waals surface area contributed by atoms with E-state index in [9.17, 15) is 8.42 Å². The molecule has 1 saturated carbocycles. The fourth-order valence-electron chi connectivity index (χ4n) is 2.93. The van der Waals surface area contributed by atoms with Gasteiger partial charge in [-0.2, -0.15) is 11.3 Å². The second-order valence-electron chi connectivity index (χ2n) is 5.38. The minimum atomic E-state index is -3.41. The van der Waals surface area contributed by atoms with Crippen LogP contribution >= 0.6 is 38.6 Å². The fourth-order valence-corrected chi connectivity index (χ4v) is 6.89. The standard InChI is InChI=1S/C14H16BrNO2S3/c15-12-3-4-13(20-12)21(17,18)16-10-14(6-1-2-7-14)11-5-8-19-9-11/h3-5,8-9,16H,1-2,6-7,10H2. The highest BCUT2D eigenvalue weighted by Gasteiger charge is 2.37. The maximum Gasteiger partial charge on any atom is 0.250 e. The molecule has 1 aliphatic rings. The summed E-state index contributed by atoms with van der Waals surface area (Å²) >= 11 is 6.23. The molecule has 0 spiro atoms. The molecule has 1 aliphatic carbocycles. The molecule has 2 heterocycles. The van der Waals surface area contributed by atoms with Gasteiger partial charge in [0.2, 0.25) is 10.0 Å². The second kappa shape index (κ2) is 6.12. The third-order valence-corrected chi connectivity index (χ3v) is 8.31. The summed E-state index contributed by atoms with van der Waals surface area (Å²) in [6.07, 6.45) is 4.45. The maximum atomic E-state index is 12.4. The third kappa shape index (κ3) is 3.27. The SMILES string of the molecule is O=S(=O)(NCC1(c2ccsc2)CCCC1)c1ccc(Br)s1. The van der Waals surface area contributed by atoms with Crippen molar-refractivity contribution in [2.45, 2.75) is 35.3 Å². The quantitative estimate of drug-likeness (QED) is 0.802. The van der Waals surface area contributed by atoms with Gasteiger partial charge < -0.3 is 0 Å². The van der Waals surface area contributed by atoms with Gasteiger partial charge in [-0.25, -0.2) is 13.1 Å². The highest BCUT2D eigenvalue weighted by molar-refractivity contribution is 9.11. The van der Waals surface area contributed by atoms with Crippen LogP contribution in [0.3, 0.4) is 0 Å². The van der Waals surface area contributed by atoms with Gasteiger partial charge in [0.25, 0.3) is 0 Å². The number of hydrogen-bond acceptors (Lipinski definition) is 4. The smallest absolute Gasteiger partial charge is 0.210 e. The van der Waals surface area contributed by atoms with Crippen LogP contribution in [0.25, 0.3) is 0 Å². The van der Waals surface area contributed by atoms with Crippen molar-refractivity contribution in [1.29, 1.82) is 0 Å². The summed E-state index contributed by atoms with van der Waals surface area (Å²) in [7, 11) is -3.41. The predicted octanol–water partition coefficient (Wildman–Crippen LogP) is 4.36. The van der Waals surface area contributed by atoms with Gasteiger partial charge in [0, 0.05) is 12.0 Å². The van der Waals surface area contributed by atoms with E-state index in [-0.39, 0.29) is 5.41 Å². The lowest BCUT2D eigenvalue weighted by Crippen LogP contribution is -2.38. The Hall–Kier alpha value is -0.210. The summed E-state index contributed by atoms with van der Waals surface area (Å²) in [5, 5.41) is 4.22. The Morgan fingerprint density at radius 1 is 1.24 bits per heavy atom. The first kappa shape index (κ1) is 15.7. The highest BCUT2D eigenvalue weighted by Crippen LogP contribution is 2.41. The number of halogens is 1. The Labute approximate surface area is 141 Å². The molecule has 21 heavy (non-hydrogen) atoms. The summed E-state index contributed by atoms with van der Waals surface area (Å²) in [5.74, 6) is 0. The lowest BCUT2D eigenvalue weighted by molar-refractivity contribution is 0.434. The van der Waals surface area contributed by atoms with E-state index in [1.165, 1.54) is 29.7 Å². The Kier molecular flexibility index (Phi) is 4.57. The number of sulfonamides is 1. The van der Waals surface area contributed by atoms with Crippen molar-refractivity contribution in [3.05, 3.63) is 38.3 Å².